The zero-order valence-corrected chi connectivity index (χ0v) is 7.05. The minimum absolute atomic E-state index is 0.150. The van der Waals surface area contributed by atoms with E-state index >= 15 is 0 Å². The number of rotatable bonds is 4. The van der Waals surface area contributed by atoms with E-state index in [0.717, 1.165) is 5.69 Å². The first-order chi connectivity index (χ1) is 6.22. The number of benzene rings is 1. The van der Waals surface area contributed by atoms with Crippen LogP contribution < -0.4 is 15.6 Å². The smallest absolute Gasteiger partial charge is 0.387 e. The van der Waals surface area contributed by atoms with E-state index in [4.69, 9.17) is 0 Å². The van der Waals surface area contributed by atoms with Gasteiger partial charge in [-0.25, -0.2) is 5.43 Å². The Morgan fingerprint density at radius 3 is 2.31 bits per heavy atom. The van der Waals surface area contributed by atoms with Crippen LogP contribution in [0.3, 0.4) is 0 Å². The predicted octanol–water partition coefficient (Wildman–Crippen LogP) is 1.83. The molecule has 2 N–H and O–H groups in total. The van der Waals surface area contributed by atoms with E-state index in [9.17, 15) is 8.78 Å². The minimum atomic E-state index is -2.77. The molecular formula is C8H10F2N2O. The third kappa shape index (κ3) is 3.25. The lowest BCUT2D eigenvalue weighted by molar-refractivity contribution is -0.0498. The number of ether oxygens (including phenoxy) is 1. The Balaban J connectivity index is 2.59. The van der Waals surface area contributed by atoms with Gasteiger partial charge in [0, 0.05) is 12.7 Å². The second-order valence-electron chi connectivity index (χ2n) is 2.28. The fraction of sp³-hybridized carbons (Fsp3) is 0.250. The lowest BCUT2D eigenvalue weighted by Crippen LogP contribution is -2.14. The van der Waals surface area contributed by atoms with E-state index in [2.05, 4.69) is 15.6 Å². The van der Waals surface area contributed by atoms with Crippen LogP contribution in [0.1, 0.15) is 0 Å². The van der Waals surface area contributed by atoms with Crippen LogP contribution in [-0.2, 0) is 0 Å². The third-order valence-corrected chi connectivity index (χ3v) is 1.35. The lowest BCUT2D eigenvalue weighted by Gasteiger charge is -2.06. The zero-order valence-electron chi connectivity index (χ0n) is 7.05. The number of anilines is 1. The van der Waals surface area contributed by atoms with Crippen molar-refractivity contribution < 1.29 is 13.5 Å². The summed E-state index contributed by atoms with van der Waals surface area (Å²) in [7, 11) is 1.71. The highest BCUT2D eigenvalue weighted by molar-refractivity contribution is 5.45. The van der Waals surface area contributed by atoms with Crippen LogP contribution in [0.5, 0.6) is 5.75 Å². The Kier molecular flexibility index (Phi) is 3.45. The molecule has 0 saturated heterocycles. The first-order valence-corrected chi connectivity index (χ1v) is 3.70. The van der Waals surface area contributed by atoms with Crippen molar-refractivity contribution in [3.05, 3.63) is 24.3 Å². The summed E-state index contributed by atoms with van der Waals surface area (Å²) in [5, 5.41) is 0. The van der Waals surface area contributed by atoms with Gasteiger partial charge in [-0.2, -0.15) is 8.78 Å². The van der Waals surface area contributed by atoms with Crippen molar-refractivity contribution in [2.75, 3.05) is 12.5 Å². The third-order valence-electron chi connectivity index (χ3n) is 1.35. The SMILES string of the molecule is CNNc1ccc(OC(F)F)cc1. The van der Waals surface area contributed by atoms with E-state index in [-0.39, 0.29) is 5.75 Å². The summed E-state index contributed by atoms with van der Waals surface area (Å²) in [4.78, 5) is 0. The van der Waals surface area contributed by atoms with Crippen molar-refractivity contribution >= 4 is 5.69 Å². The Morgan fingerprint density at radius 2 is 1.85 bits per heavy atom. The standard InChI is InChI=1S/C8H10F2N2O/c1-11-12-6-2-4-7(5-3-6)13-8(9)10/h2-5,8,11-12H,1H3. The van der Waals surface area contributed by atoms with Crippen LogP contribution in [0.4, 0.5) is 14.5 Å². The van der Waals surface area contributed by atoms with Crippen LogP contribution in [0, 0.1) is 0 Å². The van der Waals surface area contributed by atoms with Gasteiger partial charge in [0.05, 0.1) is 0 Å². The van der Waals surface area contributed by atoms with Crippen LogP contribution >= 0.6 is 0 Å². The van der Waals surface area contributed by atoms with Crippen molar-refractivity contribution in [2.24, 2.45) is 0 Å². The molecule has 5 heteroatoms. The number of hydrogen-bond acceptors (Lipinski definition) is 3. The summed E-state index contributed by atoms with van der Waals surface area (Å²) in [6.07, 6.45) is 0. The summed E-state index contributed by atoms with van der Waals surface area (Å²) >= 11 is 0. The molecule has 0 heterocycles. The highest BCUT2D eigenvalue weighted by Gasteiger charge is 2.02. The second kappa shape index (κ2) is 4.61. The fourth-order valence-electron chi connectivity index (χ4n) is 0.864. The molecule has 0 aliphatic carbocycles. The monoisotopic (exact) mass is 188 g/mol. The maximum Gasteiger partial charge on any atom is 0.387 e. The molecule has 0 atom stereocenters. The molecule has 1 rings (SSSR count). The van der Waals surface area contributed by atoms with Crippen molar-refractivity contribution in [3.8, 4) is 5.75 Å². The summed E-state index contributed by atoms with van der Waals surface area (Å²) in [6, 6.07) is 6.19. The summed E-state index contributed by atoms with van der Waals surface area (Å²) in [6.45, 7) is -2.77. The van der Waals surface area contributed by atoms with Crippen LogP contribution in [0.15, 0.2) is 24.3 Å². The Morgan fingerprint density at radius 1 is 1.23 bits per heavy atom. The molecule has 0 aliphatic rings. The van der Waals surface area contributed by atoms with E-state index in [1.54, 1.807) is 19.2 Å². The van der Waals surface area contributed by atoms with E-state index in [1.807, 2.05) is 0 Å². The topological polar surface area (TPSA) is 33.3 Å². The Labute approximate surface area is 74.7 Å². The van der Waals surface area contributed by atoms with Gasteiger partial charge in [0.2, 0.25) is 0 Å². The van der Waals surface area contributed by atoms with Gasteiger partial charge in [-0.05, 0) is 24.3 Å². The normalized spacial score (nSPS) is 10.2. The van der Waals surface area contributed by atoms with Crippen molar-refractivity contribution in [3.63, 3.8) is 0 Å². The average molecular weight is 188 g/mol. The van der Waals surface area contributed by atoms with Gasteiger partial charge in [0.1, 0.15) is 5.75 Å². The number of halogens is 2. The summed E-state index contributed by atoms with van der Waals surface area (Å²) < 4.78 is 27.6. The zero-order chi connectivity index (χ0) is 9.68. The van der Waals surface area contributed by atoms with Crippen LogP contribution in [-0.4, -0.2) is 13.7 Å². The van der Waals surface area contributed by atoms with E-state index < -0.39 is 6.61 Å². The summed E-state index contributed by atoms with van der Waals surface area (Å²) in [5.74, 6) is 0.150. The first kappa shape index (κ1) is 9.73. The molecule has 13 heavy (non-hydrogen) atoms. The number of nitrogens with one attached hydrogen (secondary N) is 2. The largest absolute Gasteiger partial charge is 0.435 e. The highest BCUT2D eigenvalue weighted by atomic mass is 19.3. The van der Waals surface area contributed by atoms with Crippen molar-refractivity contribution in [1.29, 1.82) is 0 Å². The summed E-state index contributed by atoms with van der Waals surface area (Å²) in [5.41, 5.74) is 6.28. The van der Waals surface area contributed by atoms with E-state index in [1.165, 1.54) is 12.1 Å². The van der Waals surface area contributed by atoms with Gasteiger partial charge < -0.3 is 10.2 Å². The highest BCUT2D eigenvalue weighted by Crippen LogP contribution is 2.16. The van der Waals surface area contributed by atoms with Gasteiger partial charge in [-0.1, -0.05) is 0 Å². The van der Waals surface area contributed by atoms with Gasteiger partial charge in [-0.15, -0.1) is 0 Å². The molecule has 0 unspecified atom stereocenters. The van der Waals surface area contributed by atoms with Gasteiger partial charge in [0.25, 0.3) is 0 Å². The molecule has 0 radical (unpaired) electrons. The Hall–Kier alpha value is -1.36. The Bertz CT molecular complexity index is 251. The molecule has 0 saturated carbocycles. The van der Waals surface area contributed by atoms with Crippen LogP contribution in [0.2, 0.25) is 0 Å². The maximum atomic E-state index is 11.7. The van der Waals surface area contributed by atoms with Gasteiger partial charge in [-0.3, -0.25) is 0 Å². The molecule has 1 aromatic rings. The maximum absolute atomic E-state index is 11.7. The van der Waals surface area contributed by atoms with Crippen molar-refractivity contribution in [2.45, 2.75) is 6.61 Å². The number of alkyl halides is 2. The molecule has 0 fully saturated rings. The average Bonchev–Trinajstić information content (AvgIpc) is 2.08. The quantitative estimate of drug-likeness (QED) is 0.707. The fourth-order valence-corrected chi connectivity index (χ4v) is 0.864. The first-order valence-electron chi connectivity index (χ1n) is 3.70. The molecule has 1 aromatic carbocycles. The molecule has 0 spiro atoms. The second-order valence-corrected chi connectivity index (χ2v) is 2.28. The molecular weight excluding hydrogens is 178 g/mol. The molecule has 0 amide bonds. The number of hydrazine groups is 1. The van der Waals surface area contributed by atoms with E-state index in [0.29, 0.717) is 0 Å². The molecule has 0 bridgehead atoms. The lowest BCUT2D eigenvalue weighted by atomic mass is 10.3. The van der Waals surface area contributed by atoms with Gasteiger partial charge >= 0.3 is 6.61 Å². The molecule has 0 aromatic heterocycles. The number of hydrogen-bond donors (Lipinski definition) is 2. The van der Waals surface area contributed by atoms with Crippen LogP contribution in [0.25, 0.3) is 0 Å². The molecule has 72 valence electrons. The minimum Gasteiger partial charge on any atom is -0.435 e. The van der Waals surface area contributed by atoms with Gasteiger partial charge in [0.15, 0.2) is 0 Å². The molecule has 0 aliphatic heterocycles. The predicted molar refractivity (Wildman–Crippen MR) is 45.8 cm³/mol. The van der Waals surface area contributed by atoms with Crippen molar-refractivity contribution in [1.82, 2.24) is 5.43 Å². The molecule has 3 nitrogen and oxygen atoms in total.